The van der Waals surface area contributed by atoms with Crippen LogP contribution in [0.15, 0.2) is 36.7 Å². The summed E-state index contributed by atoms with van der Waals surface area (Å²) in [4.78, 5) is 38.4. The summed E-state index contributed by atoms with van der Waals surface area (Å²) in [6.07, 6.45) is 6.18. The second kappa shape index (κ2) is 8.01. The van der Waals surface area contributed by atoms with Gasteiger partial charge < -0.3 is 20.3 Å². The lowest BCUT2D eigenvalue weighted by atomic mass is 9.62. The van der Waals surface area contributed by atoms with E-state index in [1.165, 1.54) is 12.4 Å². The lowest BCUT2D eigenvalue weighted by Gasteiger charge is -2.47. The first-order chi connectivity index (χ1) is 15.8. The summed E-state index contributed by atoms with van der Waals surface area (Å²) in [7, 11) is 0. The highest BCUT2D eigenvalue weighted by Crippen LogP contribution is 2.47. The summed E-state index contributed by atoms with van der Waals surface area (Å²) >= 11 is 0. The fourth-order valence-corrected chi connectivity index (χ4v) is 5.33. The fraction of sp³-hybridized carbons (Fsp3) is 0.520. The van der Waals surface area contributed by atoms with Crippen molar-refractivity contribution in [1.29, 1.82) is 0 Å². The molecule has 0 bridgehead atoms. The van der Waals surface area contributed by atoms with Gasteiger partial charge in [-0.05, 0) is 24.3 Å². The smallest absolute Gasteiger partial charge is 0.274 e. The third kappa shape index (κ3) is 4.03. The summed E-state index contributed by atoms with van der Waals surface area (Å²) in [5, 5.41) is 0. The number of fused-ring (bicyclic) bond motifs is 1. The van der Waals surface area contributed by atoms with E-state index in [1.807, 2.05) is 29.2 Å². The number of anilines is 1. The van der Waals surface area contributed by atoms with Crippen molar-refractivity contribution in [3.63, 3.8) is 0 Å². The first-order valence-corrected chi connectivity index (χ1v) is 11.7. The highest BCUT2D eigenvalue weighted by molar-refractivity contribution is 5.92. The van der Waals surface area contributed by atoms with Gasteiger partial charge in [-0.25, -0.2) is 4.98 Å². The fourth-order valence-electron chi connectivity index (χ4n) is 5.33. The Balaban J connectivity index is 1.37. The van der Waals surface area contributed by atoms with Crippen LogP contribution in [0.4, 0.5) is 5.82 Å². The molecule has 2 fully saturated rings. The first kappa shape index (κ1) is 21.7. The Morgan fingerprint density at radius 1 is 1.09 bits per heavy atom. The molecule has 174 valence electrons. The van der Waals surface area contributed by atoms with Gasteiger partial charge in [0, 0.05) is 44.0 Å². The number of rotatable bonds is 2. The van der Waals surface area contributed by atoms with E-state index >= 15 is 0 Å². The number of para-hydroxylation sites is 1. The molecule has 1 aromatic heterocycles. The van der Waals surface area contributed by atoms with Gasteiger partial charge in [-0.1, -0.05) is 32.0 Å². The van der Waals surface area contributed by atoms with Crippen LogP contribution < -0.4 is 10.5 Å². The standard InChI is InChI=1S/C25H31N5O3/c1-24(2)8-7-18(24)22(31)30-15-17-5-3-4-6-20(17)33-25(16-30)9-11-29(12-10-25)23(32)19-13-27-14-21(26)28-19/h3-6,13-14,18H,7-12,15-16H2,1-2H3,(H2,26,28). The molecule has 3 aliphatic rings. The molecule has 2 amide bonds. The number of likely N-dealkylation sites (tertiary alicyclic amines) is 1. The maximum absolute atomic E-state index is 13.6. The molecular weight excluding hydrogens is 418 g/mol. The number of amides is 2. The zero-order valence-electron chi connectivity index (χ0n) is 19.3. The molecule has 1 saturated carbocycles. The number of hydrogen-bond acceptors (Lipinski definition) is 6. The number of carbonyl (C=O) groups is 2. The third-order valence-corrected chi connectivity index (χ3v) is 7.60. The maximum atomic E-state index is 13.6. The molecule has 2 aliphatic heterocycles. The van der Waals surface area contributed by atoms with Gasteiger partial charge in [-0.15, -0.1) is 0 Å². The van der Waals surface area contributed by atoms with Crippen molar-refractivity contribution in [1.82, 2.24) is 19.8 Å². The molecule has 1 atom stereocenters. The first-order valence-electron chi connectivity index (χ1n) is 11.7. The molecule has 0 radical (unpaired) electrons. The quantitative estimate of drug-likeness (QED) is 0.756. The molecule has 33 heavy (non-hydrogen) atoms. The van der Waals surface area contributed by atoms with Crippen LogP contribution in [0.3, 0.4) is 0 Å². The average molecular weight is 450 g/mol. The molecule has 1 aliphatic carbocycles. The maximum Gasteiger partial charge on any atom is 0.274 e. The normalized spacial score (nSPS) is 23.2. The number of carbonyl (C=O) groups excluding carboxylic acids is 2. The lowest BCUT2D eigenvalue weighted by molar-refractivity contribution is -0.149. The molecule has 1 aromatic carbocycles. The van der Waals surface area contributed by atoms with E-state index < -0.39 is 5.60 Å². The lowest BCUT2D eigenvalue weighted by Crippen LogP contribution is -2.57. The summed E-state index contributed by atoms with van der Waals surface area (Å²) < 4.78 is 6.62. The Kier molecular flexibility index (Phi) is 5.26. The van der Waals surface area contributed by atoms with Crippen LogP contribution in [0.5, 0.6) is 5.75 Å². The molecule has 2 aromatic rings. The van der Waals surface area contributed by atoms with Crippen molar-refractivity contribution in [2.24, 2.45) is 11.3 Å². The van der Waals surface area contributed by atoms with Crippen molar-refractivity contribution >= 4 is 17.6 Å². The van der Waals surface area contributed by atoms with E-state index in [-0.39, 0.29) is 34.7 Å². The minimum absolute atomic E-state index is 0.0469. The van der Waals surface area contributed by atoms with Crippen molar-refractivity contribution in [2.45, 2.75) is 51.7 Å². The van der Waals surface area contributed by atoms with Crippen molar-refractivity contribution in [3.05, 3.63) is 47.9 Å². The van der Waals surface area contributed by atoms with Gasteiger partial charge in [0.25, 0.3) is 5.91 Å². The zero-order valence-corrected chi connectivity index (χ0v) is 19.3. The molecule has 2 N–H and O–H groups in total. The summed E-state index contributed by atoms with van der Waals surface area (Å²) in [6, 6.07) is 7.98. The number of nitrogens with two attached hydrogens (primary N) is 1. The van der Waals surface area contributed by atoms with Gasteiger partial charge in [0.2, 0.25) is 5.91 Å². The van der Waals surface area contributed by atoms with Crippen molar-refractivity contribution in [3.8, 4) is 5.75 Å². The summed E-state index contributed by atoms with van der Waals surface area (Å²) in [6.45, 7) is 6.50. The summed E-state index contributed by atoms with van der Waals surface area (Å²) in [5.41, 5.74) is 6.52. The second-order valence-corrected chi connectivity index (χ2v) is 10.3. The molecular formula is C25H31N5O3. The largest absolute Gasteiger partial charge is 0.485 e. The Labute approximate surface area is 194 Å². The van der Waals surface area contributed by atoms with Crippen LogP contribution in [0.25, 0.3) is 0 Å². The van der Waals surface area contributed by atoms with E-state index in [9.17, 15) is 9.59 Å². The SMILES string of the molecule is CC1(C)CCC1C(=O)N1Cc2ccccc2OC2(CCN(C(=O)c3cncc(N)n3)CC2)C1. The van der Waals surface area contributed by atoms with Gasteiger partial charge in [0.15, 0.2) is 0 Å². The molecule has 3 heterocycles. The van der Waals surface area contributed by atoms with Crippen LogP contribution in [0, 0.1) is 11.3 Å². The average Bonchev–Trinajstić information content (AvgIpc) is 2.95. The number of nitrogen functional groups attached to an aromatic ring is 1. The van der Waals surface area contributed by atoms with Crippen LogP contribution >= 0.6 is 0 Å². The van der Waals surface area contributed by atoms with Gasteiger partial charge in [-0.2, -0.15) is 0 Å². The molecule has 1 unspecified atom stereocenters. The van der Waals surface area contributed by atoms with Gasteiger partial charge in [-0.3, -0.25) is 14.6 Å². The van der Waals surface area contributed by atoms with E-state index in [4.69, 9.17) is 10.5 Å². The van der Waals surface area contributed by atoms with Gasteiger partial charge in [0.1, 0.15) is 22.9 Å². The third-order valence-electron chi connectivity index (χ3n) is 7.60. The van der Waals surface area contributed by atoms with E-state index in [2.05, 4.69) is 23.8 Å². The number of ether oxygens (including phenoxy) is 1. The van der Waals surface area contributed by atoms with Crippen LogP contribution in [-0.2, 0) is 11.3 Å². The predicted octanol–water partition coefficient (Wildman–Crippen LogP) is 2.89. The Hall–Kier alpha value is -3.16. The minimum atomic E-state index is -0.520. The Morgan fingerprint density at radius 3 is 2.52 bits per heavy atom. The molecule has 8 nitrogen and oxygen atoms in total. The van der Waals surface area contributed by atoms with E-state index in [0.29, 0.717) is 39.0 Å². The highest BCUT2D eigenvalue weighted by atomic mass is 16.5. The summed E-state index contributed by atoms with van der Waals surface area (Å²) in [5.74, 6) is 1.17. The number of aromatic nitrogens is 2. The van der Waals surface area contributed by atoms with Crippen LogP contribution in [-0.4, -0.2) is 56.8 Å². The number of hydrogen-bond donors (Lipinski definition) is 1. The highest BCUT2D eigenvalue weighted by Gasteiger charge is 2.48. The van der Waals surface area contributed by atoms with E-state index in [1.54, 1.807) is 4.90 Å². The molecule has 1 saturated heterocycles. The Morgan fingerprint density at radius 2 is 1.85 bits per heavy atom. The second-order valence-electron chi connectivity index (χ2n) is 10.3. The zero-order chi connectivity index (χ0) is 23.2. The van der Waals surface area contributed by atoms with Gasteiger partial charge in [0.05, 0.1) is 18.9 Å². The van der Waals surface area contributed by atoms with Crippen LogP contribution in [0.2, 0.25) is 0 Å². The predicted molar refractivity (Wildman–Crippen MR) is 123 cm³/mol. The van der Waals surface area contributed by atoms with Crippen LogP contribution in [0.1, 0.15) is 55.6 Å². The van der Waals surface area contributed by atoms with E-state index in [0.717, 1.165) is 24.2 Å². The molecule has 5 rings (SSSR count). The number of benzene rings is 1. The van der Waals surface area contributed by atoms with Crippen molar-refractivity contribution in [2.75, 3.05) is 25.4 Å². The number of piperidine rings is 1. The molecule has 8 heteroatoms. The Bertz CT molecular complexity index is 1080. The topological polar surface area (TPSA) is 102 Å². The number of nitrogens with zero attached hydrogens (tertiary/aromatic N) is 4. The van der Waals surface area contributed by atoms with Gasteiger partial charge >= 0.3 is 0 Å². The monoisotopic (exact) mass is 449 g/mol. The molecule has 1 spiro atoms. The minimum Gasteiger partial charge on any atom is -0.485 e. The van der Waals surface area contributed by atoms with Crippen molar-refractivity contribution < 1.29 is 14.3 Å².